The second-order valence-electron chi connectivity index (χ2n) is 5.33. The highest BCUT2D eigenvalue weighted by Gasteiger charge is 2.35. The summed E-state index contributed by atoms with van der Waals surface area (Å²) in [5, 5.41) is 4.74. The molecule has 0 unspecified atom stereocenters. The van der Waals surface area contributed by atoms with Crippen LogP contribution in [0.3, 0.4) is 0 Å². The number of rotatable bonds is 5. The van der Waals surface area contributed by atoms with Gasteiger partial charge in [0.05, 0.1) is 11.0 Å². The molecule has 5 nitrogen and oxygen atoms in total. The average molecular weight is 416 g/mol. The fourth-order valence-corrected chi connectivity index (χ4v) is 3.98. The van der Waals surface area contributed by atoms with Crippen LogP contribution < -0.4 is 10.6 Å². The fourth-order valence-electron chi connectivity index (χ4n) is 2.60. The van der Waals surface area contributed by atoms with Gasteiger partial charge in [-0.3, -0.25) is 0 Å². The van der Waals surface area contributed by atoms with Crippen LogP contribution in [0.5, 0.6) is 0 Å². The molecule has 0 spiro atoms. The van der Waals surface area contributed by atoms with Crippen LogP contribution in [0.1, 0.15) is 5.56 Å². The van der Waals surface area contributed by atoms with E-state index in [1.54, 1.807) is 12.1 Å². The summed E-state index contributed by atoms with van der Waals surface area (Å²) in [6.45, 7) is 0. The Labute approximate surface area is 159 Å². The van der Waals surface area contributed by atoms with Crippen LogP contribution in [-0.2, 0) is 15.2 Å². The Morgan fingerprint density at radius 1 is 1.07 bits per heavy atom. The van der Waals surface area contributed by atoms with Crippen LogP contribution in [0.2, 0.25) is 5.28 Å². The predicted molar refractivity (Wildman–Crippen MR) is 99.8 cm³/mol. The van der Waals surface area contributed by atoms with Crippen LogP contribution >= 0.6 is 20.0 Å². The van der Waals surface area contributed by atoms with Gasteiger partial charge in [-0.2, -0.15) is 18.2 Å². The highest BCUT2D eigenvalue weighted by molar-refractivity contribution is 7.57. The lowest BCUT2D eigenvalue weighted by atomic mass is 10.1. The zero-order valence-corrected chi connectivity index (χ0v) is 15.9. The molecule has 27 heavy (non-hydrogen) atoms. The minimum atomic E-state index is -4.64. The first-order valence-electron chi connectivity index (χ1n) is 7.62. The zero-order valence-electron chi connectivity index (χ0n) is 14.2. The molecule has 1 aromatic heterocycles. The number of halogens is 4. The van der Waals surface area contributed by atoms with Crippen LogP contribution in [0.15, 0.2) is 42.6 Å². The highest BCUT2D eigenvalue weighted by atomic mass is 35.5. The molecule has 1 N–H and O–H groups in total. The van der Waals surface area contributed by atoms with Crippen molar-refractivity contribution in [3.8, 4) is 0 Å². The van der Waals surface area contributed by atoms with Crippen LogP contribution in [0.25, 0.3) is 10.8 Å². The summed E-state index contributed by atoms with van der Waals surface area (Å²) < 4.78 is 50.8. The van der Waals surface area contributed by atoms with Gasteiger partial charge in [-0.15, -0.1) is 0 Å². The van der Waals surface area contributed by atoms with Crippen molar-refractivity contribution in [3.05, 3.63) is 53.4 Å². The molecule has 0 aliphatic rings. The monoisotopic (exact) mass is 415 g/mol. The molecule has 0 amide bonds. The summed E-state index contributed by atoms with van der Waals surface area (Å²) in [6, 6.07) is 10.9. The van der Waals surface area contributed by atoms with E-state index in [4.69, 9.17) is 20.6 Å². The number of anilines is 2. The molecule has 3 aromatic rings. The summed E-state index contributed by atoms with van der Waals surface area (Å²) in [7, 11) is 1.42. The standard InChI is InChI=1S/C17H14ClF3N3O2P/c1-25-27(26-2)14-11-6-4-3-5-10(11)7-8-13(14)23-15-12(17(19,20)21)9-22-16(18)24-15/h3-9H,1-2H3,(H,22,23,24). The topological polar surface area (TPSA) is 56.3 Å². The lowest BCUT2D eigenvalue weighted by Crippen LogP contribution is -2.16. The van der Waals surface area contributed by atoms with E-state index in [0.29, 0.717) is 17.2 Å². The van der Waals surface area contributed by atoms with Gasteiger partial charge in [0.15, 0.2) is 0 Å². The first-order valence-corrected chi connectivity index (χ1v) is 9.17. The largest absolute Gasteiger partial charge is 0.421 e. The average Bonchev–Trinajstić information content (AvgIpc) is 2.63. The zero-order chi connectivity index (χ0) is 19.6. The Bertz CT molecular complexity index is 968. The Morgan fingerprint density at radius 3 is 2.44 bits per heavy atom. The maximum Gasteiger partial charge on any atom is 0.421 e. The second kappa shape index (κ2) is 7.94. The fraction of sp³-hybridized carbons (Fsp3) is 0.176. The molecular weight excluding hydrogens is 402 g/mol. The van der Waals surface area contributed by atoms with E-state index in [2.05, 4.69) is 15.3 Å². The predicted octanol–water partition coefficient (Wildman–Crippen LogP) is 5.28. The van der Waals surface area contributed by atoms with E-state index in [-0.39, 0.29) is 5.28 Å². The number of hydrogen-bond acceptors (Lipinski definition) is 5. The molecular formula is C17H14ClF3N3O2P. The third-order valence-electron chi connectivity index (χ3n) is 3.73. The van der Waals surface area contributed by atoms with Crippen molar-refractivity contribution in [2.24, 2.45) is 0 Å². The lowest BCUT2D eigenvalue weighted by Gasteiger charge is -2.21. The SMILES string of the molecule is COP(OC)c1c(Nc2nc(Cl)ncc2C(F)(F)F)ccc2ccccc12. The van der Waals surface area contributed by atoms with Crippen molar-refractivity contribution in [2.45, 2.75) is 6.18 Å². The first-order chi connectivity index (χ1) is 12.8. The van der Waals surface area contributed by atoms with Crippen molar-refractivity contribution in [1.82, 2.24) is 9.97 Å². The van der Waals surface area contributed by atoms with Gasteiger partial charge in [0.2, 0.25) is 13.7 Å². The highest BCUT2D eigenvalue weighted by Crippen LogP contribution is 2.42. The summed E-state index contributed by atoms with van der Waals surface area (Å²) in [5.41, 5.74) is -0.644. The molecule has 0 atom stereocenters. The molecule has 142 valence electrons. The van der Waals surface area contributed by atoms with Gasteiger partial charge in [0.25, 0.3) is 0 Å². The third-order valence-corrected chi connectivity index (χ3v) is 5.42. The van der Waals surface area contributed by atoms with Crippen LogP contribution in [0, 0.1) is 0 Å². The number of alkyl halides is 3. The van der Waals surface area contributed by atoms with Crippen molar-refractivity contribution < 1.29 is 22.2 Å². The van der Waals surface area contributed by atoms with Gasteiger partial charge in [0.1, 0.15) is 11.4 Å². The Hall–Kier alpha value is -1.99. The Balaban J connectivity index is 2.19. The third kappa shape index (κ3) is 4.14. The van der Waals surface area contributed by atoms with E-state index >= 15 is 0 Å². The van der Waals surface area contributed by atoms with Gasteiger partial charge < -0.3 is 14.4 Å². The van der Waals surface area contributed by atoms with Crippen molar-refractivity contribution in [2.75, 3.05) is 19.5 Å². The maximum atomic E-state index is 13.3. The van der Waals surface area contributed by atoms with Gasteiger partial charge in [-0.25, -0.2) is 4.98 Å². The lowest BCUT2D eigenvalue weighted by molar-refractivity contribution is -0.137. The van der Waals surface area contributed by atoms with E-state index in [0.717, 1.165) is 10.8 Å². The number of hydrogen-bond donors (Lipinski definition) is 1. The molecule has 1 heterocycles. The summed E-state index contributed by atoms with van der Waals surface area (Å²) in [6.07, 6.45) is -4.00. The summed E-state index contributed by atoms with van der Waals surface area (Å²) >= 11 is 5.71. The minimum absolute atomic E-state index is 0.298. The smallest absolute Gasteiger partial charge is 0.339 e. The molecule has 3 rings (SSSR count). The number of nitrogens with one attached hydrogen (secondary N) is 1. The molecule has 0 fully saturated rings. The van der Waals surface area contributed by atoms with Crippen molar-refractivity contribution >= 4 is 47.6 Å². The first kappa shape index (κ1) is 19.8. The molecule has 10 heteroatoms. The summed E-state index contributed by atoms with van der Waals surface area (Å²) in [5.74, 6) is -0.443. The van der Waals surface area contributed by atoms with E-state index in [1.807, 2.05) is 24.3 Å². The molecule has 0 saturated carbocycles. The molecule has 2 aromatic carbocycles. The Morgan fingerprint density at radius 2 is 1.78 bits per heavy atom. The van der Waals surface area contributed by atoms with E-state index in [1.165, 1.54) is 14.2 Å². The Kier molecular flexibility index (Phi) is 5.81. The summed E-state index contributed by atoms with van der Waals surface area (Å²) in [4.78, 5) is 7.15. The minimum Gasteiger partial charge on any atom is -0.339 e. The van der Waals surface area contributed by atoms with Gasteiger partial charge >= 0.3 is 6.18 Å². The van der Waals surface area contributed by atoms with Crippen molar-refractivity contribution in [3.63, 3.8) is 0 Å². The van der Waals surface area contributed by atoms with Crippen LogP contribution in [0.4, 0.5) is 24.7 Å². The maximum absolute atomic E-state index is 13.3. The normalized spacial score (nSPS) is 12.0. The van der Waals surface area contributed by atoms with E-state index in [9.17, 15) is 13.2 Å². The second-order valence-corrected chi connectivity index (χ2v) is 7.36. The number of benzene rings is 2. The quantitative estimate of drug-likeness (QED) is 0.454. The van der Waals surface area contributed by atoms with Gasteiger partial charge in [-0.1, -0.05) is 30.3 Å². The van der Waals surface area contributed by atoms with Gasteiger partial charge in [-0.05, 0) is 28.4 Å². The van der Waals surface area contributed by atoms with Crippen molar-refractivity contribution in [1.29, 1.82) is 0 Å². The molecule has 0 bridgehead atoms. The number of aromatic nitrogens is 2. The molecule has 0 aliphatic heterocycles. The molecule has 0 aliphatic carbocycles. The molecule has 0 saturated heterocycles. The van der Waals surface area contributed by atoms with E-state index < -0.39 is 25.9 Å². The molecule has 0 radical (unpaired) electrons. The van der Waals surface area contributed by atoms with Gasteiger partial charge in [0, 0.05) is 20.4 Å². The number of fused-ring (bicyclic) bond motifs is 1. The van der Waals surface area contributed by atoms with Crippen LogP contribution in [-0.4, -0.2) is 24.2 Å². The number of nitrogens with zero attached hydrogens (tertiary/aromatic N) is 2.